The minimum absolute atomic E-state index is 0.106. The number of benzene rings is 4. The van der Waals surface area contributed by atoms with Crippen LogP contribution < -0.4 is 15.0 Å². The number of hydrogen-bond acceptors (Lipinski definition) is 2. The first-order valence-electron chi connectivity index (χ1n) is 13.8. The topological polar surface area (TPSA) is 48.4 Å². The number of nitrogens with zero attached hydrogens (tertiary/aromatic N) is 1. The summed E-state index contributed by atoms with van der Waals surface area (Å²) in [6.07, 6.45) is 1.10. The molecule has 1 unspecified atom stereocenters. The van der Waals surface area contributed by atoms with Gasteiger partial charge in [0, 0.05) is 11.4 Å². The highest BCUT2D eigenvalue weighted by molar-refractivity contribution is 6.03. The van der Waals surface area contributed by atoms with E-state index in [1.807, 2.05) is 47.4 Å². The van der Waals surface area contributed by atoms with E-state index in [4.69, 9.17) is 10.1 Å². The largest absolute Gasteiger partial charge is 0.489 e. The van der Waals surface area contributed by atoms with E-state index >= 15 is 0 Å². The number of ether oxygens (including phenoxy) is 1. The Morgan fingerprint density at radius 3 is 2.05 bits per heavy atom. The van der Waals surface area contributed by atoms with Gasteiger partial charge in [-0.3, -0.25) is 5.41 Å². The summed E-state index contributed by atoms with van der Waals surface area (Å²) in [7, 11) is 0. The predicted molar refractivity (Wildman–Crippen MR) is 165 cm³/mol. The molecule has 0 aliphatic rings. The van der Waals surface area contributed by atoms with Crippen molar-refractivity contribution >= 4 is 17.3 Å². The average Bonchev–Trinajstić information content (AvgIpc) is 2.95. The van der Waals surface area contributed by atoms with Crippen molar-refractivity contribution in [1.82, 2.24) is 0 Å². The Hall–Kier alpha value is -4.05. The Morgan fingerprint density at radius 2 is 1.46 bits per heavy atom. The highest BCUT2D eigenvalue weighted by Crippen LogP contribution is 2.26. The van der Waals surface area contributed by atoms with Crippen LogP contribution in [0.3, 0.4) is 0 Å². The molecule has 0 saturated carbocycles. The van der Waals surface area contributed by atoms with Crippen LogP contribution in [0, 0.1) is 5.41 Å². The summed E-state index contributed by atoms with van der Waals surface area (Å²) in [5, 5.41) is 12.3. The summed E-state index contributed by atoms with van der Waals surface area (Å²) in [5.41, 5.74) is 6.85. The molecule has 4 rings (SSSR count). The molecule has 0 bridgehead atoms. The first-order chi connectivity index (χ1) is 18.7. The molecule has 0 fully saturated rings. The number of rotatable bonds is 9. The van der Waals surface area contributed by atoms with Crippen molar-refractivity contribution in [1.29, 1.82) is 5.41 Å². The lowest BCUT2D eigenvalue weighted by molar-refractivity contribution is 0.306. The Morgan fingerprint density at radius 1 is 0.821 bits per heavy atom. The molecule has 4 aromatic carbocycles. The lowest BCUT2D eigenvalue weighted by atomic mass is 9.87. The molecule has 39 heavy (non-hydrogen) atoms. The molecule has 202 valence electrons. The Bertz CT molecular complexity index is 1320. The normalized spacial score (nSPS) is 12.0. The highest BCUT2D eigenvalue weighted by atomic mass is 16.5. The number of anilines is 2. The Labute approximate surface area is 234 Å². The van der Waals surface area contributed by atoms with Crippen molar-refractivity contribution in [3.63, 3.8) is 0 Å². The monoisotopic (exact) mass is 519 g/mol. The summed E-state index contributed by atoms with van der Waals surface area (Å²) in [4.78, 5) is 2.02. The van der Waals surface area contributed by atoms with Crippen LogP contribution in [0.1, 0.15) is 69.2 Å². The van der Waals surface area contributed by atoms with E-state index < -0.39 is 0 Å². The zero-order valence-corrected chi connectivity index (χ0v) is 23.9. The van der Waals surface area contributed by atoms with E-state index in [1.165, 1.54) is 11.1 Å². The Balaban J connectivity index is 1.50. The molecule has 4 aromatic rings. The van der Waals surface area contributed by atoms with Gasteiger partial charge in [-0.15, -0.1) is 0 Å². The molecule has 0 radical (unpaired) electrons. The first kappa shape index (κ1) is 28.0. The average molecular weight is 520 g/mol. The molecule has 0 amide bonds. The van der Waals surface area contributed by atoms with E-state index in [-0.39, 0.29) is 5.41 Å². The zero-order valence-electron chi connectivity index (χ0n) is 23.9. The van der Waals surface area contributed by atoms with Crippen LogP contribution in [0.2, 0.25) is 0 Å². The van der Waals surface area contributed by atoms with Crippen molar-refractivity contribution in [3.05, 3.63) is 125 Å². The SMILES string of the molecule is CCC(C)c1ccc(N(Cc2ccc(C(C)(C)C)cc2)C(=N)Nc2ccc(OCc3ccccc3)cc2)cc1. The van der Waals surface area contributed by atoms with Gasteiger partial charge in [0.05, 0.1) is 6.54 Å². The van der Waals surface area contributed by atoms with Crippen molar-refractivity contribution in [3.8, 4) is 5.75 Å². The van der Waals surface area contributed by atoms with E-state index in [2.05, 4.69) is 101 Å². The second kappa shape index (κ2) is 12.7. The summed E-state index contributed by atoms with van der Waals surface area (Å²) in [5.74, 6) is 1.63. The maximum Gasteiger partial charge on any atom is 0.200 e. The third-order valence-corrected chi connectivity index (χ3v) is 7.18. The maximum atomic E-state index is 9.02. The van der Waals surface area contributed by atoms with Crippen molar-refractivity contribution in [2.24, 2.45) is 0 Å². The maximum absolute atomic E-state index is 9.02. The minimum Gasteiger partial charge on any atom is -0.489 e. The zero-order chi connectivity index (χ0) is 27.8. The van der Waals surface area contributed by atoms with E-state index in [0.29, 0.717) is 25.0 Å². The fraction of sp³-hybridized carbons (Fsp3) is 0.286. The highest BCUT2D eigenvalue weighted by Gasteiger charge is 2.17. The third kappa shape index (κ3) is 7.73. The third-order valence-electron chi connectivity index (χ3n) is 7.18. The van der Waals surface area contributed by atoms with Crippen LogP contribution in [0.5, 0.6) is 5.75 Å². The van der Waals surface area contributed by atoms with Crippen LogP contribution >= 0.6 is 0 Å². The van der Waals surface area contributed by atoms with Gasteiger partial charge < -0.3 is 15.0 Å². The second-order valence-corrected chi connectivity index (χ2v) is 11.2. The van der Waals surface area contributed by atoms with Gasteiger partial charge >= 0.3 is 0 Å². The van der Waals surface area contributed by atoms with Gasteiger partial charge in [-0.05, 0) is 76.4 Å². The molecule has 4 nitrogen and oxygen atoms in total. The smallest absolute Gasteiger partial charge is 0.200 e. The van der Waals surface area contributed by atoms with Crippen molar-refractivity contribution < 1.29 is 4.74 Å². The Kier molecular flexibility index (Phi) is 9.08. The molecule has 0 spiro atoms. The first-order valence-corrected chi connectivity index (χ1v) is 13.8. The van der Waals surface area contributed by atoms with Gasteiger partial charge in [0.1, 0.15) is 12.4 Å². The van der Waals surface area contributed by atoms with Gasteiger partial charge in [0.25, 0.3) is 0 Å². The van der Waals surface area contributed by atoms with Gasteiger partial charge in [-0.1, -0.05) is 101 Å². The number of nitrogens with one attached hydrogen (secondary N) is 2. The number of hydrogen-bond donors (Lipinski definition) is 2. The van der Waals surface area contributed by atoms with E-state index in [9.17, 15) is 0 Å². The second-order valence-electron chi connectivity index (χ2n) is 11.2. The number of guanidine groups is 1. The molecular weight excluding hydrogens is 478 g/mol. The van der Waals surface area contributed by atoms with Crippen molar-refractivity contribution in [2.45, 2.75) is 65.5 Å². The molecule has 0 heterocycles. The van der Waals surface area contributed by atoms with Crippen molar-refractivity contribution in [2.75, 3.05) is 10.2 Å². The molecule has 0 saturated heterocycles. The minimum atomic E-state index is 0.106. The fourth-order valence-corrected chi connectivity index (χ4v) is 4.39. The van der Waals surface area contributed by atoms with Gasteiger partial charge in [0.15, 0.2) is 5.96 Å². The van der Waals surface area contributed by atoms with Crippen LogP contribution in [0.4, 0.5) is 11.4 Å². The van der Waals surface area contributed by atoms with E-state index in [1.54, 1.807) is 0 Å². The lowest BCUT2D eigenvalue weighted by Gasteiger charge is -2.27. The molecule has 1 atom stereocenters. The molecule has 0 aliphatic heterocycles. The summed E-state index contributed by atoms with van der Waals surface area (Å²) < 4.78 is 5.93. The lowest BCUT2D eigenvalue weighted by Crippen LogP contribution is -2.35. The predicted octanol–water partition coefficient (Wildman–Crippen LogP) is 9.13. The summed E-state index contributed by atoms with van der Waals surface area (Å²) in [6, 6.07) is 35.3. The van der Waals surface area contributed by atoms with Gasteiger partial charge in [-0.25, -0.2) is 0 Å². The standard InChI is InChI=1S/C35H41N3O/c1-6-26(2)29-14-20-32(21-15-29)38(24-27-12-16-30(17-13-27)35(3,4)5)34(36)37-31-18-22-33(23-19-31)39-25-28-10-8-7-9-11-28/h7-23,26H,6,24-25H2,1-5H3,(H2,36,37). The quantitative estimate of drug-likeness (QED) is 0.171. The molecule has 0 aromatic heterocycles. The molecule has 0 aliphatic carbocycles. The summed E-state index contributed by atoms with van der Waals surface area (Å²) in [6.45, 7) is 12.3. The van der Waals surface area contributed by atoms with E-state index in [0.717, 1.165) is 34.7 Å². The van der Waals surface area contributed by atoms with Crippen LogP contribution in [0.15, 0.2) is 103 Å². The summed E-state index contributed by atoms with van der Waals surface area (Å²) >= 11 is 0. The molecule has 2 N–H and O–H groups in total. The fourth-order valence-electron chi connectivity index (χ4n) is 4.39. The van der Waals surface area contributed by atoms with Crippen LogP contribution in [-0.2, 0) is 18.6 Å². The van der Waals surface area contributed by atoms with Gasteiger partial charge in [-0.2, -0.15) is 0 Å². The molecular formula is C35H41N3O. The van der Waals surface area contributed by atoms with Gasteiger partial charge in [0.2, 0.25) is 0 Å². The molecule has 4 heteroatoms. The van der Waals surface area contributed by atoms with Crippen LogP contribution in [-0.4, -0.2) is 5.96 Å². The van der Waals surface area contributed by atoms with Crippen LogP contribution in [0.25, 0.3) is 0 Å².